The quantitative estimate of drug-likeness (QED) is 0.132. The zero-order valence-electron chi connectivity index (χ0n) is 27.1. The summed E-state index contributed by atoms with van der Waals surface area (Å²) >= 11 is 1.43. The second kappa shape index (κ2) is 13.3. The lowest BCUT2D eigenvalue weighted by atomic mass is 9.98. The Kier molecular flexibility index (Phi) is 8.44. The number of carbonyl (C=O) groups excluding carboxylic acids is 2. The maximum Gasteiger partial charge on any atom is 0.407 e. The van der Waals surface area contributed by atoms with E-state index in [0.29, 0.717) is 12.6 Å². The van der Waals surface area contributed by atoms with Crippen LogP contribution in [0, 0.1) is 0 Å². The smallest absolute Gasteiger partial charge is 0.407 e. The molecule has 2 fully saturated rings. The number of nitrogens with zero attached hydrogens (tertiary/aromatic N) is 3. The molecule has 8 rings (SSSR count). The molecule has 5 heterocycles. The van der Waals surface area contributed by atoms with Crippen LogP contribution in [0.5, 0.6) is 0 Å². The summed E-state index contributed by atoms with van der Waals surface area (Å²) in [4.78, 5) is 44.8. The van der Waals surface area contributed by atoms with Crippen LogP contribution < -0.4 is 10.6 Å². The average molecular weight is 672 g/mol. The fourth-order valence-corrected chi connectivity index (χ4v) is 7.80. The highest BCUT2D eigenvalue weighted by atomic mass is 32.1. The number of alkyl carbamates (subject to hydrolysis) is 1. The molecule has 2 aliphatic rings. The van der Waals surface area contributed by atoms with Crippen molar-refractivity contribution in [2.45, 2.75) is 43.8 Å². The largest absolute Gasteiger partial charge is 0.453 e. The molecule has 248 valence electrons. The number of hydrogen-bond donors (Lipinski definition) is 4. The van der Waals surface area contributed by atoms with Gasteiger partial charge in [-0.3, -0.25) is 4.79 Å². The molecular weight excluding hydrogens is 635 g/mol. The van der Waals surface area contributed by atoms with Gasteiger partial charge in [0.1, 0.15) is 17.7 Å². The van der Waals surface area contributed by atoms with Crippen molar-refractivity contribution >= 4 is 34.1 Å². The number of H-pyrrole nitrogens is 2. The molecule has 0 unspecified atom stereocenters. The molecule has 2 amide bonds. The van der Waals surface area contributed by atoms with Crippen molar-refractivity contribution in [3.8, 4) is 33.6 Å². The summed E-state index contributed by atoms with van der Waals surface area (Å²) in [5.41, 5.74) is 6.35. The number of aromatic amines is 2. The Morgan fingerprint density at radius 3 is 2.29 bits per heavy atom. The van der Waals surface area contributed by atoms with Gasteiger partial charge in [-0.1, -0.05) is 54.6 Å². The highest BCUT2D eigenvalue weighted by molar-refractivity contribution is 7.10. The fraction of sp³-hybridized carbons (Fsp3) is 0.263. The van der Waals surface area contributed by atoms with Gasteiger partial charge >= 0.3 is 6.09 Å². The van der Waals surface area contributed by atoms with Crippen molar-refractivity contribution in [3.63, 3.8) is 0 Å². The average Bonchev–Trinajstić information content (AvgIpc) is 3.98. The zero-order chi connectivity index (χ0) is 33.3. The first-order valence-corrected chi connectivity index (χ1v) is 17.6. The number of benzene rings is 3. The minimum Gasteiger partial charge on any atom is -0.453 e. The fourth-order valence-electron chi connectivity index (χ4n) is 7.03. The monoisotopic (exact) mass is 671 g/mol. The van der Waals surface area contributed by atoms with E-state index in [2.05, 4.69) is 86.2 Å². The minimum absolute atomic E-state index is 0.170. The maximum absolute atomic E-state index is 13.8. The van der Waals surface area contributed by atoms with Gasteiger partial charge < -0.3 is 30.2 Å². The van der Waals surface area contributed by atoms with Crippen LogP contribution in [0.15, 0.2) is 90.6 Å². The molecule has 4 N–H and O–H groups in total. The number of imidazole rings is 2. The molecule has 0 bridgehead atoms. The molecule has 0 spiro atoms. The molecule has 2 aliphatic heterocycles. The molecule has 6 aromatic rings. The van der Waals surface area contributed by atoms with Crippen LogP contribution in [0.4, 0.5) is 4.79 Å². The van der Waals surface area contributed by atoms with Crippen molar-refractivity contribution in [2.75, 3.05) is 20.2 Å². The number of hydrogen-bond acceptors (Lipinski definition) is 7. The maximum atomic E-state index is 13.8. The number of nitrogens with one attached hydrogen (secondary N) is 4. The second-order valence-electron chi connectivity index (χ2n) is 12.6. The Hall–Kier alpha value is -5.26. The summed E-state index contributed by atoms with van der Waals surface area (Å²) in [6.45, 7) is 1.64. The molecular formula is C38H37N7O3S. The standard InChI is InChI=1S/C38H37N7O3S/c1-48-38(47)44-34(33-7-4-18-49-33)37(46)45-17-3-6-32(45)36-41-21-30(43-36)24-10-8-23(9-11-24)25-12-13-27-20-28(15-14-26(27)19-25)31-22-40-35(42-31)29-5-2-16-39-29/h4,7-15,18-22,29,32,34,39H,2-3,5-6,16-17H2,1H3,(H,40,42)(H,41,43)(H,44,47)/t29-,32-,34+/m0/s1. The van der Waals surface area contributed by atoms with E-state index < -0.39 is 12.1 Å². The van der Waals surface area contributed by atoms with Gasteiger partial charge in [0.2, 0.25) is 0 Å². The molecule has 3 aromatic carbocycles. The zero-order valence-corrected chi connectivity index (χ0v) is 27.9. The first-order chi connectivity index (χ1) is 24.0. The van der Waals surface area contributed by atoms with Crippen LogP contribution in [-0.4, -0.2) is 57.0 Å². The number of thiophene rings is 1. The van der Waals surface area contributed by atoms with Crippen LogP contribution in [0.1, 0.15) is 60.3 Å². The van der Waals surface area contributed by atoms with Crippen molar-refractivity contribution in [3.05, 3.63) is 107 Å². The molecule has 2 saturated heterocycles. The molecule has 0 saturated carbocycles. The number of aromatic nitrogens is 4. The van der Waals surface area contributed by atoms with Gasteiger partial charge in [-0.2, -0.15) is 0 Å². The van der Waals surface area contributed by atoms with Gasteiger partial charge in [-0.25, -0.2) is 14.8 Å². The van der Waals surface area contributed by atoms with E-state index in [9.17, 15) is 9.59 Å². The number of likely N-dealkylation sites (tertiary alicyclic amines) is 1. The third kappa shape index (κ3) is 6.23. The van der Waals surface area contributed by atoms with Crippen molar-refractivity contribution in [1.29, 1.82) is 0 Å². The summed E-state index contributed by atoms with van der Waals surface area (Å²) in [5, 5.41) is 10.5. The molecule has 3 aromatic heterocycles. The van der Waals surface area contributed by atoms with Gasteiger partial charge in [0.15, 0.2) is 0 Å². The summed E-state index contributed by atoms with van der Waals surface area (Å²) in [6, 6.07) is 24.6. The molecule has 10 nitrogen and oxygen atoms in total. The number of rotatable bonds is 8. The Morgan fingerprint density at radius 1 is 0.857 bits per heavy atom. The van der Waals surface area contributed by atoms with E-state index >= 15 is 0 Å². The predicted molar refractivity (Wildman–Crippen MR) is 191 cm³/mol. The molecule has 3 atom stereocenters. The molecule has 0 aliphatic carbocycles. The molecule has 49 heavy (non-hydrogen) atoms. The van der Waals surface area contributed by atoms with Crippen molar-refractivity contribution in [1.82, 2.24) is 35.5 Å². The van der Waals surface area contributed by atoms with E-state index in [0.717, 1.165) is 76.0 Å². The lowest BCUT2D eigenvalue weighted by Crippen LogP contribution is -2.42. The summed E-state index contributed by atoms with van der Waals surface area (Å²) in [6.07, 6.45) is 7.07. The molecule has 11 heteroatoms. The Labute approximate surface area is 288 Å². The summed E-state index contributed by atoms with van der Waals surface area (Å²) in [7, 11) is 1.30. The first kappa shape index (κ1) is 31.0. The van der Waals surface area contributed by atoms with Crippen LogP contribution in [0.3, 0.4) is 0 Å². The van der Waals surface area contributed by atoms with Crippen LogP contribution >= 0.6 is 11.3 Å². The van der Waals surface area contributed by atoms with Gasteiger partial charge in [0.25, 0.3) is 5.91 Å². The predicted octanol–water partition coefficient (Wildman–Crippen LogP) is 7.53. The second-order valence-corrected chi connectivity index (χ2v) is 13.6. The summed E-state index contributed by atoms with van der Waals surface area (Å²) < 4.78 is 4.81. The highest BCUT2D eigenvalue weighted by Gasteiger charge is 2.37. The first-order valence-electron chi connectivity index (χ1n) is 16.7. The van der Waals surface area contributed by atoms with E-state index in [4.69, 9.17) is 9.72 Å². The number of fused-ring (bicyclic) bond motifs is 1. The minimum atomic E-state index is -0.810. The highest BCUT2D eigenvalue weighted by Crippen LogP contribution is 2.35. The van der Waals surface area contributed by atoms with E-state index in [1.54, 1.807) is 0 Å². The number of amides is 2. The van der Waals surface area contributed by atoms with Gasteiger partial charge in [0.05, 0.1) is 43.0 Å². The topological polar surface area (TPSA) is 128 Å². The molecule has 0 radical (unpaired) electrons. The Bertz CT molecular complexity index is 2100. The van der Waals surface area contributed by atoms with Crippen LogP contribution in [0.2, 0.25) is 0 Å². The third-order valence-corrected chi connectivity index (χ3v) is 10.6. The number of carbonyl (C=O) groups is 2. The Morgan fingerprint density at radius 2 is 1.55 bits per heavy atom. The van der Waals surface area contributed by atoms with Gasteiger partial charge in [0, 0.05) is 17.0 Å². The third-order valence-electron chi connectivity index (χ3n) is 9.64. The number of methoxy groups -OCH3 is 1. The Balaban J connectivity index is 0.971. The van der Waals surface area contributed by atoms with Crippen LogP contribution in [0.25, 0.3) is 44.4 Å². The van der Waals surface area contributed by atoms with E-state index in [-0.39, 0.29) is 11.9 Å². The summed E-state index contributed by atoms with van der Waals surface area (Å²) in [5.74, 6) is 1.58. The number of ether oxygens (including phenoxy) is 1. The van der Waals surface area contributed by atoms with E-state index in [1.165, 1.54) is 35.6 Å². The van der Waals surface area contributed by atoms with Gasteiger partial charge in [-0.05, 0) is 83.3 Å². The van der Waals surface area contributed by atoms with Gasteiger partial charge in [-0.15, -0.1) is 11.3 Å². The van der Waals surface area contributed by atoms with E-state index in [1.807, 2.05) is 34.8 Å². The SMILES string of the molecule is COC(=O)N[C@@H](C(=O)N1CCC[C@H]1c1ncc(-c2ccc(-c3ccc4cc(-c5cnc([C@@H]6CCCN6)[nH]5)ccc4c3)cc2)[nH]1)c1cccs1. The normalized spacial score (nSPS) is 18.2. The van der Waals surface area contributed by atoms with Crippen molar-refractivity contribution < 1.29 is 14.3 Å². The lowest BCUT2D eigenvalue weighted by molar-refractivity contribution is -0.134. The lowest BCUT2D eigenvalue weighted by Gasteiger charge is -2.27. The van der Waals surface area contributed by atoms with Crippen molar-refractivity contribution in [2.24, 2.45) is 0 Å². The van der Waals surface area contributed by atoms with Crippen LogP contribution in [-0.2, 0) is 9.53 Å².